The monoisotopic (exact) mass is 455 g/mol. The average molecular weight is 457 g/mol. The highest BCUT2D eigenvalue weighted by molar-refractivity contribution is 6.40. The Hall–Kier alpha value is -2.32. The van der Waals surface area contributed by atoms with Crippen LogP contribution in [-0.4, -0.2) is 29.2 Å². The van der Waals surface area contributed by atoms with Gasteiger partial charge < -0.3 is 15.2 Å². The highest BCUT2D eigenvalue weighted by Gasteiger charge is 2.45. The van der Waals surface area contributed by atoms with E-state index >= 15 is 0 Å². The molecule has 1 aliphatic heterocycles. The third-order valence-electron chi connectivity index (χ3n) is 4.19. The summed E-state index contributed by atoms with van der Waals surface area (Å²) in [5.74, 6) is -0.994. The van der Waals surface area contributed by atoms with Crippen LogP contribution in [-0.2, 0) is 15.2 Å². The molecular weight excluding hydrogens is 441 g/mol. The number of hydrazone groups is 1. The van der Waals surface area contributed by atoms with Crippen molar-refractivity contribution in [2.75, 3.05) is 11.9 Å². The van der Waals surface area contributed by atoms with Crippen LogP contribution >= 0.6 is 34.8 Å². The van der Waals surface area contributed by atoms with Crippen LogP contribution in [0.3, 0.4) is 0 Å². The van der Waals surface area contributed by atoms with Crippen LogP contribution < -0.4 is 15.5 Å². The van der Waals surface area contributed by atoms with Crippen molar-refractivity contribution >= 4 is 58.0 Å². The van der Waals surface area contributed by atoms with Crippen molar-refractivity contribution in [3.63, 3.8) is 0 Å². The number of ether oxygens (including phenoxy) is 1. The number of nitrogens with zero attached hydrogens (tertiary/aromatic N) is 1. The topological polar surface area (TPSA) is 100 Å². The fourth-order valence-corrected chi connectivity index (χ4v) is 3.81. The lowest BCUT2D eigenvalue weighted by molar-refractivity contribution is -0.132. The van der Waals surface area contributed by atoms with Gasteiger partial charge in [-0.3, -0.25) is 9.59 Å². The maximum Gasteiger partial charge on any atom is 0.277 e. The third kappa shape index (κ3) is 4.64. The number of amides is 2. The van der Waals surface area contributed by atoms with Crippen molar-refractivity contribution in [1.82, 2.24) is 5.43 Å². The minimum Gasteiger partial charge on any atom is -0.481 e. The fourth-order valence-electron chi connectivity index (χ4n) is 2.88. The lowest BCUT2D eigenvalue weighted by atomic mass is 9.90. The molecule has 1 aliphatic rings. The molecule has 0 unspecified atom stereocenters. The predicted molar refractivity (Wildman–Crippen MR) is 112 cm³/mol. The number of rotatable bonds is 6. The number of hydrogen-bond donors (Lipinski definition) is 3. The molecule has 0 saturated carbocycles. The van der Waals surface area contributed by atoms with Gasteiger partial charge in [-0.15, -0.1) is 0 Å². The van der Waals surface area contributed by atoms with E-state index in [1.54, 1.807) is 31.2 Å². The van der Waals surface area contributed by atoms with Crippen LogP contribution in [0.1, 0.15) is 18.9 Å². The van der Waals surface area contributed by atoms with E-state index in [0.717, 1.165) is 0 Å². The van der Waals surface area contributed by atoms with Gasteiger partial charge in [0.25, 0.3) is 11.8 Å². The standard InChI is InChI=1S/C19H16Cl3N3O4/c1-10(8-19(28)12-4-2-3-5-15(12)23-18(19)27)24-25-16(26)9-29-17-13(21)6-11(20)7-14(17)22/h2-7,28H,8-9H2,1H3,(H,23,27)(H,25,26)/b24-10-/t19-/m0/s1. The van der Waals surface area contributed by atoms with Crippen molar-refractivity contribution in [3.8, 4) is 5.75 Å². The number of carbonyl (C=O) groups is 2. The molecule has 3 N–H and O–H groups in total. The Bertz CT molecular complexity index is 989. The lowest BCUT2D eigenvalue weighted by Gasteiger charge is -2.20. The normalized spacial score (nSPS) is 18.2. The molecule has 0 spiro atoms. The summed E-state index contributed by atoms with van der Waals surface area (Å²) in [4.78, 5) is 24.2. The Morgan fingerprint density at radius 3 is 2.59 bits per heavy atom. The van der Waals surface area contributed by atoms with E-state index in [1.807, 2.05) is 0 Å². The zero-order valence-corrected chi connectivity index (χ0v) is 17.4. The van der Waals surface area contributed by atoms with E-state index < -0.39 is 24.0 Å². The molecule has 0 saturated heterocycles. The Labute approximate surface area is 181 Å². The Morgan fingerprint density at radius 1 is 1.24 bits per heavy atom. The molecule has 2 aromatic carbocycles. The first-order valence-corrected chi connectivity index (χ1v) is 9.57. The number of aliphatic hydroxyl groups is 1. The molecule has 1 heterocycles. The number of halogens is 3. The number of benzene rings is 2. The maximum atomic E-state index is 12.2. The average Bonchev–Trinajstić information content (AvgIpc) is 2.89. The first-order valence-electron chi connectivity index (χ1n) is 8.43. The van der Waals surface area contributed by atoms with Gasteiger partial charge in [-0.2, -0.15) is 5.10 Å². The van der Waals surface area contributed by atoms with Crippen molar-refractivity contribution in [1.29, 1.82) is 0 Å². The third-order valence-corrected chi connectivity index (χ3v) is 4.97. The summed E-state index contributed by atoms with van der Waals surface area (Å²) in [7, 11) is 0. The highest BCUT2D eigenvalue weighted by Crippen LogP contribution is 2.38. The van der Waals surface area contributed by atoms with Crippen LogP contribution in [0.25, 0.3) is 0 Å². The first kappa shape index (κ1) is 21.4. The van der Waals surface area contributed by atoms with Crippen molar-refractivity contribution in [2.45, 2.75) is 18.9 Å². The first-order chi connectivity index (χ1) is 13.7. The van der Waals surface area contributed by atoms with E-state index in [4.69, 9.17) is 39.5 Å². The number of fused-ring (bicyclic) bond motifs is 1. The molecule has 10 heteroatoms. The Kier molecular flexibility index (Phi) is 6.33. The second-order valence-electron chi connectivity index (χ2n) is 6.41. The number of para-hydroxylation sites is 1. The van der Waals surface area contributed by atoms with Gasteiger partial charge in [-0.25, -0.2) is 5.43 Å². The summed E-state index contributed by atoms with van der Waals surface area (Å²) in [6, 6.07) is 9.72. The SMILES string of the molecule is C/C(C[C@@]1(O)C(=O)Nc2ccccc21)=N/NC(=O)COc1c(Cl)cc(Cl)cc1Cl. The summed E-state index contributed by atoms with van der Waals surface area (Å²) in [5.41, 5.74) is 1.89. The van der Waals surface area contributed by atoms with Gasteiger partial charge in [0.15, 0.2) is 18.0 Å². The largest absolute Gasteiger partial charge is 0.481 e. The van der Waals surface area contributed by atoms with E-state index in [9.17, 15) is 14.7 Å². The van der Waals surface area contributed by atoms with Crippen molar-refractivity contribution in [3.05, 3.63) is 57.0 Å². The van der Waals surface area contributed by atoms with Gasteiger partial charge in [0.1, 0.15) is 0 Å². The van der Waals surface area contributed by atoms with Gasteiger partial charge >= 0.3 is 0 Å². The zero-order chi connectivity index (χ0) is 21.2. The summed E-state index contributed by atoms with van der Waals surface area (Å²) in [6.07, 6.45) is -0.0914. The molecule has 0 aromatic heterocycles. The molecule has 0 radical (unpaired) electrons. The second-order valence-corrected chi connectivity index (χ2v) is 7.66. The Balaban J connectivity index is 1.60. The Morgan fingerprint density at radius 2 is 1.90 bits per heavy atom. The minimum atomic E-state index is -1.75. The molecule has 3 rings (SSSR count). The van der Waals surface area contributed by atoms with Crippen LogP contribution in [0.5, 0.6) is 5.75 Å². The smallest absolute Gasteiger partial charge is 0.277 e. The molecule has 29 heavy (non-hydrogen) atoms. The molecular formula is C19H16Cl3N3O4. The van der Waals surface area contributed by atoms with Crippen LogP contribution in [0.2, 0.25) is 15.1 Å². The molecule has 0 fully saturated rings. The molecule has 1 atom stereocenters. The molecule has 0 aliphatic carbocycles. The summed E-state index contributed by atoms with van der Waals surface area (Å²) in [5, 5.41) is 18.0. The van der Waals surface area contributed by atoms with E-state index in [1.165, 1.54) is 12.1 Å². The molecule has 2 amide bonds. The van der Waals surface area contributed by atoms with Crippen LogP contribution in [0, 0.1) is 0 Å². The number of nitrogens with one attached hydrogen (secondary N) is 2. The predicted octanol–water partition coefficient (Wildman–Crippen LogP) is 3.75. The van der Waals surface area contributed by atoms with Crippen molar-refractivity contribution in [2.24, 2.45) is 5.10 Å². The molecule has 2 aromatic rings. The quantitative estimate of drug-likeness (QED) is 0.455. The summed E-state index contributed by atoms with van der Waals surface area (Å²) >= 11 is 17.8. The maximum absolute atomic E-state index is 12.2. The highest BCUT2D eigenvalue weighted by atomic mass is 35.5. The van der Waals surface area contributed by atoms with Gasteiger partial charge in [0.2, 0.25) is 0 Å². The summed E-state index contributed by atoms with van der Waals surface area (Å²) in [6.45, 7) is 1.19. The zero-order valence-electron chi connectivity index (χ0n) is 15.1. The summed E-state index contributed by atoms with van der Waals surface area (Å²) < 4.78 is 5.32. The number of carbonyl (C=O) groups excluding carboxylic acids is 2. The lowest BCUT2D eigenvalue weighted by Crippen LogP contribution is -2.36. The number of hydrogen-bond acceptors (Lipinski definition) is 5. The minimum absolute atomic E-state index is 0.0914. The van der Waals surface area contributed by atoms with Crippen molar-refractivity contribution < 1.29 is 19.4 Å². The molecule has 0 bridgehead atoms. The van der Waals surface area contributed by atoms with Gasteiger partial charge in [-0.1, -0.05) is 53.0 Å². The van der Waals surface area contributed by atoms with Gasteiger partial charge in [0, 0.05) is 28.4 Å². The van der Waals surface area contributed by atoms with Gasteiger partial charge in [-0.05, 0) is 25.1 Å². The van der Waals surface area contributed by atoms with Gasteiger partial charge in [0.05, 0.1) is 10.0 Å². The fraction of sp³-hybridized carbons (Fsp3) is 0.211. The van der Waals surface area contributed by atoms with E-state index in [-0.39, 0.29) is 22.2 Å². The molecule has 7 nitrogen and oxygen atoms in total. The van der Waals surface area contributed by atoms with Crippen LogP contribution in [0.4, 0.5) is 5.69 Å². The second kappa shape index (κ2) is 8.59. The number of anilines is 1. The molecule has 152 valence electrons. The van der Waals surface area contributed by atoms with Crippen LogP contribution in [0.15, 0.2) is 41.5 Å². The van der Waals surface area contributed by atoms with E-state index in [0.29, 0.717) is 22.0 Å². The van der Waals surface area contributed by atoms with E-state index in [2.05, 4.69) is 15.8 Å².